The van der Waals surface area contributed by atoms with Crippen LogP contribution in [0.15, 0.2) is 47.5 Å². The fraction of sp³-hybridized carbons (Fsp3) is 0.300. The van der Waals surface area contributed by atoms with Gasteiger partial charge in [0, 0.05) is 5.25 Å². The molecule has 0 N–H and O–H groups in total. The topological polar surface area (TPSA) is 66.8 Å². The predicted octanol–water partition coefficient (Wildman–Crippen LogP) is 4.15. The van der Waals surface area contributed by atoms with Crippen LogP contribution in [0.4, 0.5) is 5.69 Å². The van der Waals surface area contributed by atoms with Crippen molar-refractivity contribution in [2.45, 2.75) is 24.6 Å². The van der Waals surface area contributed by atoms with Gasteiger partial charge in [-0.05, 0) is 24.6 Å². The molecule has 2 saturated heterocycles. The molecule has 0 spiro atoms. The van der Waals surface area contributed by atoms with Crippen molar-refractivity contribution >= 4 is 61.6 Å². The Morgan fingerprint density at radius 3 is 2.55 bits per heavy atom. The summed E-state index contributed by atoms with van der Waals surface area (Å²) in [5, 5.41) is 1.02. The molecule has 2 aliphatic rings. The number of aryl methyl sites for hydroxylation is 1. The van der Waals surface area contributed by atoms with Gasteiger partial charge < -0.3 is 4.90 Å². The van der Waals surface area contributed by atoms with Crippen molar-refractivity contribution in [3.05, 3.63) is 63.6 Å². The fourth-order valence-corrected chi connectivity index (χ4v) is 8.18. The van der Waals surface area contributed by atoms with Crippen LogP contribution in [0, 0.1) is 6.92 Å². The number of rotatable bonds is 3. The van der Waals surface area contributed by atoms with Gasteiger partial charge in [-0.2, -0.15) is 4.99 Å². The number of halogens is 2. The molecule has 5 nitrogen and oxygen atoms in total. The first kappa shape index (κ1) is 20.7. The highest BCUT2D eigenvalue weighted by Crippen LogP contribution is 2.45. The summed E-state index contributed by atoms with van der Waals surface area (Å²) >= 11 is 14.1. The fourth-order valence-electron chi connectivity index (χ4n) is 3.69. The second-order valence-corrected chi connectivity index (χ2v) is 11.4. The van der Waals surface area contributed by atoms with Crippen LogP contribution in [0.5, 0.6) is 0 Å². The smallest absolute Gasteiger partial charge is 0.252 e. The Kier molecular flexibility index (Phi) is 5.68. The Morgan fingerprint density at radius 2 is 1.86 bits per heavy atom. The van der Waals surface area contributed by atoms with E-state index < -0.39 is 9.84 Å². The van der Waals surface area contributed by atoms with Gasteiger partial charge in [0.25, 0.3) is 5.91 Å². The summed E-state index contributed by atoms with van der Waals surface area (Å²) in [6.45, 7) is 1.97. The Balaban J connectivity index is 1.70. The van der Waals surface area contributed by atoms with Gasteiger partial charge in [-0.25, -0.2) is 8.42 Å². The van der Waals surface area contributed by atoms with Crippen molar-refractivity contribution in [3.63, 3.8) is 0 Å². The molecular weight excluding hydrogens is 451 g/mol. The minimum Gasteiger partial charge on any atom is -0.313 e. The van der Waals surface area contributed by atoms with Gasteiger partial charge in [0.2, 0.25) is 0 Å². The van der Waals surface area contributed by atoms with Crippen LogP contribution < -0.4 is 4.90 Å². The van der Waals surface area contributed by atoms with E-state index in [2.05, 4.69) is 4.99 Å². The molecule has 0 aliphatic carbocycles. The number of para-hydroxylation sites is 1. The third kappa shape index (κ3) is 4.33. The van der Waals surface area contributed by atoms with Crippen molar-refractivity contribution in [1.29, 1.82) is 0 Å². The molecule has 1 amide bonds. The van der Waals surface area contributed by atoms with E-state index in [1.807, 2.05) is 31.2 Å². The van der Waals surface area contributed by atoms with E-state index in [0.29, 0.717) is 20.9 Å². The van der Waals surface area contributed by atoms with Gasteiger partial charge in [0.05, 0.1) is 39.7 Å². The zero-order chi connectivity index (χ0) is 20.8. The molecule has 152 valence electrons. The monoisotopic (exact) mass is 468 g/mol. The van der Waals surface area contributed by atoms with Crippen LogP contribution in [0.3, 0.4) is 0 Å². The Morgan fingerprint density at radius 1 is 1.17 bits per heavy atom. The van der Waals surface area contributed by atoms with Crippen molar-refractivity contribution in [1.82, 2.24) is 0 Å². The molecule has 29 heavy (non-hydrogen) atoms. The number of hydrogen-bond donors (Lipinski definition) is 0. The number of aliphatic imine (C=N–C) groups is 1. The number of amides is 1. The summed E-state index contributed by atoms with van der Waals surface area (Å²) in [5.41, 5.74) is 2.45. The van der Waals surface area contributed by atoms with Crippen molar-refractivity contribution < 1.29 is 13.2 Å². The lowest BCUT2D eigenvalue weighted by molar-refractivity contribution is -0.117. The highest BCUT2D eigenvalue weighted by atomic mass is 35.5. The van der Waals surface area contributed by atoms with Crippen LogP contribution in [-0.4, -0.2) is 42.3 Å². The lowest BCUT2D eigenvalue weighted by Crippen LogP contribution is -2.38. The van der Waals surface area contributed by atoms with E-state index in [9.17, 15) is 13.2 Å². The summed E-state index contributed by atoms with van der Waals surface area (Å²) < 4.78 is 24.4. The van der Waals surface area contributed by atoms with Crippen LogP contribution in [0.2, 0.25) is 10.0 Å². The van der Waals surface area contributed by atoms with Crippen molar-refractivity contribution in [2.24, 2.45) is 4.99 Å². The number of carbonyl (C=O) groups excluding carboxylic acids is 1. The van der Waals surface area contributed by atoms with E-state index in [0.717, 1.165) is 11.1 Å². The Labute approximate surface area is 184 Å². The lowest BCUT2D eigenvalue weighted by atomic mass is 10.1. The average molecular weight is 469 g/mol. The highest BCUT2D eigenvalue weighted by Gasteiger charge is 2.50. The van der Waals surface area contributed by atoms with E-state index in [4.69, 9.17) is 23.2 Å². The zero-order valence-electron chi connectivity index (χ0n) is 15.5. The second-order valence-electron chi connectivity index (χ2n) is 7.19. The summed E-state index contributed by atoms with van der Waals surface area (Å²) in [5.74, 6) is -0.266. The highest BCUT2D eigenvalue weighted by molar-refractivity contribution is 8.16. The maximum Gasteiger partial charge on any atom is 0.252 e. The van der Waals surface area contributed by atoms with E-state index >= 15 is 0 Å². The van der Waals surface area contributed by atoms with Gasteiger partial charge in [0.15, 0.2) is 15.0 Å². The molecule has 0 bridgehead atoms. The van der Waals surface area contributed by atoms with E-state index in [1.54, 1.807) is 23.1 Å². The van der Waals surface area contributed by atoms with Crippen LogP contribution in [0.1, 0.15) is 11.1 Å². The van der Waals surface area contributed by atoms with Crippen LogP contribution in [-0.2, 0) is 21.1 Å². The maximum atomic E-state index is 12.7. The Hall–Kier alpha value is -1.54. The van der Waals surface area contributed by atoms with Gasteiger partial charge in [0.1, 0.15) is 0 Å². The number of hydrogen-bond acceptors (Lipinski definition) is 4. The molecule has 2 aromatic rings. The zero-order valence-corrected chi connectivity index (χ0v) is 18.7. The summed E-state index contributed by atoms with van der Waals surface area (Å²) in [7, 11) is -3.17. The summed E-state index contributed by atoms with van der Waals surface area (Å²) in [6, 6.07) is 12.5. The molecule has 2 atom stereocenters. The molecule has 2 heterocycles. The molecule has 2 unspecified atom stereocenters. The SMILES string of the molecule is Cc1cccc(CC(=O)N=C2SC3CS(=O)(=O)CC3N2c2c(Cl)cccc2Cl)c1. The van der Waals surface area contributed by atoms with Gasteiger partial charge in [-0.3, -0.25) is 4.79 Å². The van der Waals surface area contributed by atoms with Gasteiger partial charge >= 0.3 is 0 Å². The van der Waals surface area contributed by atoms with Crippen LogP contribution >= 0.6 is 35.0 Å². The van der Waals surface area contributed by atoms with Crippen LogP contribution in [0.25, 0.3) is 0 Å². The quantitative estimate of drug-likeness (QED) is 0.676. The molecular formula is C20H18Cl2N2O3S2. The maximum absolute atomic E-state index is 12.7. The third-order valence-electron chi connectivity index (χ3n) is 4.90. The lowest BCUT2D eigenvalue weighted by Gasteiger charge is -2.26. The summed E-state index contributed by atoms with van der Waals surface area (Å²) in [4.78, 5) is 18.7. The molecule has 9 heteroatoms. The standard InChI is InChI=1S/C20H18Cl2N2O3S2/c1-12-4-2-5-13(8-12)9-18(25)23-20-24(19-14(21)6-3-7-15(19)22)16-10-29(26,27)11-17(16)28-20/h2-8,16-17H,9-11H2,1H3. The number of anilines is 1. The third-order valence-corrected chi connectivity index (χ3v) is 8.72. The van der Waals surface area contributed by atoms with Crippen molar-refractivity contribution in [2.75, 3.05) is 16.4 Å². The first-order valence-corrected chi connectivity index (χ1v) is 12.5. The number of carbonyl (C=O) groups is 1. The minimum atomic E-state index is -3.17. The largest absolute Gasteiger partial charge is 0.313 e. The second kappa shape index (κ2) is 7.95. The number of thioether (sulfide) groups is 1. The molecule has 2 aliphatic heterocycles. The molecule has 2 aromatic carbocycles. The number of fused-ring (bicyclic) bond motifs is 1. The number of nitrogens with zero attached hydrogens (tertiary/aromatic N) is 2. The molecule has 0 radical (unpaired) electrons. The normalized spacial score (nSPS) is 24.1. The molecule has 2 fully saturated rings. The molecule has 4 rings (SSSR count). The predicted molar refractivity (Wildman–Crippen MR) is 120 cm³/mol. The van der Waals surface area contributed by atoms with E-state index in [-0.39, 0.29) is 35.1 Å². The number of sulfone groups is 1. The van der Waals surface area contributed by atoms with Crippen molar-refractivity contribution in [3.8, 4) is 0 Å². The molecule has 0 aromatic heterocycles. The number of amidine groups is 1. The summed E-state index contributed by atoms with van der Waals surface area (Å²) in [6.07, 6.45) is 0.170. The Bertz CT molecular complexity index is 1100. The van der Waals surface area contributed by atoms with Gasteiger partial charge in [-0.1, -0.05) is 70.9 Å². The molecule has 0 saturated carbocycles. The average Bonchev–Trinajstić information content (AvgIpc) is 3.07. The minimum absolute atomic E-state index is 0.0166. The first-order chi connectivity index (χ1) is 13.7. The van der Waals surface area contributed by atoms with E-state index in [1.165, 1.54) is 11.8 Å². The first-order valence-electron chi connectivity index (χ1n) is 9.01. The van der Waals surface area contributed by atoms with Gasteiger partial charge in [-0.15, -0.1) is 0 Å². The number of benzene rings is 2.